The van der Waals surface area contributed by atoms with Gasteiger partial charge in [-0.1, -0.05) is 12.0 Å². The van der Waals surface area contributed by atoms with E-state index in [1.165, 1.54) is 12.0 Å². The van der Waals surface area contributed by atoms with Crippen LogP contribution in [0, 0.1) is 12.3 Å². The van der Waals surface area contributed by atoms with Crippen LogP contribution in [0.3, 0.4) is 0 Å². The first-order valence-corrected chi connectivity index (χ1v) is 7.31. The third-order valence-corrected chi connectivity index (χ3v) is 3.53. The molecule has 1 fully saturated rings. The highest BCUT2D eigenvalue weighted by Gasteiger charge is 2.17. The summed E-state index contributed by atoms with van der Waals surface area (Å²) in [5.41, 5.74) is 4.76. The van der Waals surface area contributed by atoms with Crippen molar-refractivity contribution >= 4 is 6.41 Å². The van der Waals surface area contributed by atoms with Crippen molar-refractivity contribution in [1.29, 1.82) is 0 Å². The Morgan fingerprint density at radius 2 is 2.32 bits per heavy atom. The minimum absolute atomic E-state index is 0.498. The molecule has 1 heterocycles. The largest absolute Gasteiger partial charge is 0.472 e. The Balaban J connectivity index is 2.24. The SMILES string of the molecule is C#CCNC(=C1CCC1)/C(=C/C=C\NC=O)Cc1ccoc1. The third-order valence-electron chi connectivity index (χ3n) is 3.53. The van der Waals surface area contributed by atoms with Gasteiger partial charge in [0.05, 0.1) is 19.1 Å². The third kappa shape index (κ3) is 4.42. The number of terminal acetylenes is 1. The Bertz CT molecular complexity index is 610. The lowest BCUT2D eigenvalue weighted by molar-refractivity contribution is -0.108. The smallest absolute Gasteiger partial charge is 0.211 e. The van der Waals surface area contributed by atoms with Gasteiger partial charge in [-0.2, -0.15) is 0 Å². The molecule has 0 aliphatic heterocycles. The monoisotopic (exact) mass is 296 g/mol. The average Bonchev–Trinajstić information content (AvgIpc) is 2.97. The molecule has 0 aromatic carbocycles. The van der Waals surface area contributed by atoms with Gasteiger partial charge in [-0.05, 0) is 48.1 Å². The number of carbonyl (C=O) groups excluding carboxylic acids is 1. The number of hydrogen-bond acceptors (Lipinski definition) is 3. The van der Waals surface area contributed by atoms with Crippen molar-refractivity contribution in [3.8, 4) is 12.3 Å². The van der Waals surface area contributed by atoms with Crippen LogP contribution in [0.1, 0.15) is 24.8 Å². The Morgan fingerprint density at radius 3 is 2.91 bits per heavy atom. The molecular weight excluding hydrogens is 276 g/mol. The lowest BCUT2D eigenvalue weighted by Gasteiger charge is -2.24. The van der Waals surface area contributed by atoms with E-state index in [1.54, 1.807) is 18.7 Å². The average molecular weight is 296 g/mol. The van der Waals surface area contributed by atoms with Crippen LogP contribution in [0.4, 0.5) is 0 Å². The van der Waals surface area contributed by atoms with Crippen LogP contribution >= 0.6 is 0 Å². The van der Waals surface area contributed by atoms with Gasteiger partial charge in [0.15, 0.2) is 0 Å². The molecule has 1 aromatic heterocycles. The van der Waals surface area contributed by atoms with E-state index >= 15 is 0 Å². The van der Waals surface area contributed by atoms with Gasteiger partial charge >= 0.3 is 0 Å². The Morgan fingerprint density at radius 1 is 1.45 bits per heavy atom. The van der Waals surface area contributed by atoms with E-state index < -0.39 is 0 Å². The molecule has 0 atom stereocenters. The highest BCUT2D eigenvalue weighted by atomic mass is 16.3. The first-order valence-electron chi connectivity index (χ1n) is 7.31. The second-order valence-corrected chi connectivity index (χ2v) is 5.03. The first kappa shape index (κ1) is 15.7. The fourth-order valence-corrected chi connectivity index (χ4v) is 2.31. The lowest BCUT2D eigenvalue weighted by Crippen LogP contribution is -2.21. The van der Waals surface area contributed by atoms with Crippen molar-refractivity contribution in [1.82, 2.24) is 10.6 Å². The molecule has 22 heavy (non-hydrogen) atoms. The number of hydrogen-bond donors (Lipinski definition) is 2. The van der Waals surface area contributed by atoms with Gasteiger partial charge in [0.1, 0.15) is 0 Å². The van der Waals surface area contributed by atoms with Crippen LogP contribution in [0.15, 0.2) is 58.2 Å². The maximum Gasteiger partial charge on any atom is 0.211 e. The first-order chi connectivity index (χ1) is 10.8. The van der Waals surface area contributed by atoms with Crippen molar-refractivity contribution in [2.24, 2.45) is 0 Å². The highest BCUT2D eigenvalue weighted by molar-refractivity contribution is 5.48. The number of furan rings is 1. The van der Waals surface area contributed by atoms with E-state index in [1.807, 2.05) is 18.2 Å². The van der Waals surface area contributed by atoms with Crippen LogP contribution in [0.5, 0.6) is 0 Å². The second-order valence-electron chi connectivity index (χ2n) is 5.03. The number of amides is 1. The van der Waals surface area contributed by atoms with Crippen LogP contribution in [0.25, 0.3) is 0 Å². The fraction of sp³-hybridized carbons (Fsp3) is 0.278. The Kier molecular flexibility index (Phi) is 6.13. The van der Waals surface area contributed by atoms with Crippen molar-refractivity contribution in [3.05, 3.63) is 59.4 Å². The molecule has 0 bridgehead atoms. The molecule has 1 aliphatic carbocycles. The zero-order chi connectivity index (χ0) is 15.6. The van der Waals surface area contributed by atoms with Gasteiger partial charge in [0, 0.05) is 18.3 Å². The van der Waals surface area contributed by atoms with Crippen molar-refractivity contribution < 1.29 is 9.21 Å². The summed E-state index contributed by atoms with van der Waals surface area (Å²) in [6.07, 6.45) is 19.0. The zero-order valence-electron chi connectivity index (χ0n) is 12.5. The summed E-state index contributed by atoms with van der Waals surface area (Å²) >= 11 is 0. The molecule has 114 valence electrons. The number of carbonyl (C=O) groups is 1. The van der Waals surface area contributed by atoms with E-state index in [9.17, 15) is 4.79 Å². The molecule has 4 nitrogen and oxygen atoms in total. The van der Waals surface area contributed by atoms with Crippen LogP contribution < -0.4 is 10.6 Å². The molecule has 1 aromatic rings. The molecule has 4 heteroatoms. The molecule has 0 unspecified atom stereocenters. The summed E-state index contributed by atoms with van der Waals surface area (Å²) in [7, 11) is 0. The molecule has 1 amide bonds. The predicted molar refractivity (Wildman–Crippen MR) is 86.5 cm³/mol. The quantitative estimate of drug-likeness (QED) is 0.440. The van der Waals surface area contributed by atoms with E-state index in [-0.39, 0.29) is 0 Å². The number of allylic oxidation sites excluding steroid dienone is 4. The minimum atomic E-state index is 0.498. The van der Waals surface area contributed by atoms with Crippen LogP contribution in [0.2, 0.25) is 0 Å². The summed E-state index contributed by atoms with van der Waals surface area (Å²) < 4.78 is 5.15. The lowest BCUT2D eigenvalue weighted by atomic mass is 9.87. The number of rotatable bonds is 8. The Hall–Kier alpha value is -2.67. The molecule has 2 rings (SSSR count). The summed E-state index contributed by atoms with van der Waals surface area (Å²) in [5, 5.41) is 5.85. The summed E-state index contributed by atoms with van der Waals surface area (Å²) in [6.45, 7) is 0.498. The maximum absolute atomic E-state index is 10.3. The highest BCUT2D eigenvalue weighted by Crippen LogP contribution is 2.31. The zero-order valence-corrected chi connectivity index (χ0v) is 12.5. The molecule has 0 radical (unpaired) electrons. The van der Waals surface area contributed by atoms with Crippen molar-refractivity contribution in [3.63, 3.8) is 0 Å². The molecule has 2 N–H and O–H groups in total. The summed E-state index contributed by atoms with van der Waals surface area (Å²) in [6, 6.07) is 1.95. The van der Waals surface area contributed by atoms with E-state index in [0.29, 0.717) is 13.0 Å². The van der Waals surface area contributed by atoms with Gasteiger partial charge in [0.25, 0.3) is 0 Å². The van der Waals surface area contributed by atoms with E-state index in [4.69, 9.17) is 10.8 Å². The van der Waals surface area contributed by atoms with E-state index in [0.717, 1.165) is 36.1 Å². The molecule has 0 spiro atoms. The summed E-state index contributed by atoms with van der Waals surface area (Å²) in [5.74, 6) is 2.62. The molecule has 1 saturated carbocycles. The molecule has 0 saturated heterocycles. The standard InChI is InChI=1S/C18H20N2O2/c1-2-9-20-18(16-5-3-6-16)17(7-4-10-19-14-21)12-15-8-11-22-13-15/h1,4,7-8,10-11,13-14,20H,3,5-6,9,12H2,(H,19,21)/b10-4-,17-7+. The predicted octanol–water partition coefficient (Wildman–Crippen LogP) is 2.67. The second kappa shape index (κ2) is 8.58. The molecular formula is C18H20N2O2. The van der Waals surface area contributed by atoms with Crippen molar-refractivity contribution in [2.45, 2.75) is 25.7 Å². The fourth-order valence-electron chi connectivity index (χ4n) is 2.31. The maximum atomic E-state index is 10.3. The van der Waals surface area contributed by atoms with Gasteiger partial charge in [-0.15, -0.1) is 6.42 Å². The van der Waals surface area contributed by atoms with Gasteiger partial charge in [-0.3, -0.25) is 4.79 Å². The topological polar surface area (TPSA) is 54.3 Å². The Labute approximate surface area is 131 Å². The van der Waals surface area contributed by atoms with E-state index in [2.05, 4.69) is 16.6 Å². The van der Waals surface area contributed by atoms with Gasteiger partial charge in [-0.25, -0.2) is 0 Å². The number of nitrogens with one attached hydrogen (secondary N) is 2. The van der Waals surface area contributed by atoms with Crippen molar-refractivity contribution in [2.75, 3.05) is 6.54 Å². The normalized spacial score (nSPS) is 14.3. The molecule has 1 aliphatic rings. The van der Waals surface area contributed by atoms with Gasteiger partial charge < -0.3 is 15.1 Å². The van der Waals surface area contributed by atoms with Crippen LogP contribution in [-0.4, -0.2) is 13.0 Å². The van der Waals surface area contributed by atoms with Gasteiger partial charge in [0.2, 0.25) is 6.41 Å². The minimum Gasteiger partial charge on any atom is -0.472 e. The summed E-state index contributed by atoms with van der Waals surface area (Å²) in [4.78, 5) is 10.3. The van der Waals surface area contributed by atoms with Crippen LogP contribution in [-0.2, 0) is 11.2 Å².